The van der Waals surface area contributed by atoms with Crippen LogP contribution in [0.2, 0.25) is 0 Å². The van der Waals surface area contributed by atoms with Gasteiger partial charge in [-0.2, -0.15) is 0 Å². The number of ether oxygens (including phenoxy) is 1. The van der Waals surface area contributed by atoms with Gasteiger partial charge < -0.3 is 25.1 Å². The highest BCUT2D eigenvalue weighted by Crippen LogP contribution is 2.24. The third-order valence-corrected chi connectivity index (χ3v) is 5.73. The largest absolute Gasteiger partial charge is 0.494 e. The maximum absolute atomic E-state index is 13.7. The summed E-state index contributed by atoms with van der Waals surface area (Å²) in [6, 6.07) is 5.80. The highest BCUT2D eigenvalue weighted by molar-refractivity contribution is 6.38. The lowest BCUT2D eigenvalue weighted by Crippen LogP contribution is -2.30. The Morgan fingerprint density at radius 2 is 2.08 bits per heavy atom. The molecular weight excluding hydrogens is 531 g/mol. The van der Waals surface area contributed by atoms with Crippen molar-refractivity contribution in [3.63, 3.8) is 0 Å². The minimum atomic E-state index is -0.623. The fraction of sp³-hybridized carbons (Fsp3) is 0.308. The molecule has 2 heterocycles. The molecule has 0 spiro atoms. The number of aromatic nitrogens is 2. The van der Waals surface area contributed by atoms with Gasteiger partial charge in [0.2, 0.25) is 5.91 Å². The van der Waals surface area contributed by atoms with Gasteiger partial charge in [0.1, 0.15) is 17.2 Å². The van der Waals surface area contributed by atoms with Gasteiger partial charge in [0.05, 0.1) is 24.4 Å². The number of allylic oxidation sites excluding steroid dienone is 1. The average Bonchev–Trinajstić information content (AvgIpc) is 3.42. The molecule has 1 unspecified atom stereocenters. The molecule has 1 aliphatic rings. The maximum atomic E-state index is 13.7. The van der Waals surface area contributed by atoms with Crippen LogP contribution >= 0.6 is 11.6 Å². The number of aldehydes is 1. The molecule has 3 rings (SSSR count). The number of aryl methyl sites for hydroxylation is 1. The van der Waals surface area contributed by atoms with Gasteiger partial charge in [-0.1, -0.05) is 22.8 Å². The van der Waals surface area contributed by atoms with Crippen LogP contribution in [0.4, 0.5) is 4.39 Å². The standard InChI is InChI=1S/C26H28ClFN6O5/c1-15-31-20(9-22(32-15)26(37)30-11-16-5-6-19(28)24(7-16)38-4)21-10-23(39-33-21)17(8-18(27)14-35)12-34(3)13-25(36)29-2/h5-9,12,14,23H,10-11,13H2,1-4H3,(H,29,36)(H,30,37)/b17-12+,18-8+. The van der Waals surface area contributed by atoms with Gasteiger partial charge >= 0.3 is 0 Å². The molecule has 1 aliphatic heterocycles. The van der Waals surface area contributed by atoms with Crippen molar-refractivity contribution in [2.24, 2.45) is 5.16 Å². The van der Waals surface area contributed by atoms with Gasteiger partial charge in [0.15, 0.2) is 24.0 Å². The Bertz CT molecular complexity index is 1350. The Hall–Kier alpha value is -4.32. The van der Waals surface area contributed by atoms with Gasteiger partial charge in [-0.3, -0.25) is 14.4 Å². The van der Waals surface area contributed by atoms with Crippen LogP contribution in [0.5, 0.6) is 5.75 Å². The molecule has 2 aromatic rings. The number of nitrogens with one attached hydrogen (secondary N) is 2. The van der Waals surface area contributed by atoms with E-state index in [1.54, 1.807) is 31.1 Å². The van der Waals surface area contributed by atoms with Crippen LogP contribution in [0, 0.1) is 12.7 Å². The second-order valence-electron chi connectivity index (χ2n) is 8.54. The number of hydrogen-bond donors (Lipinski definition) is 2. The first-order valence-electron chi connectivity index (χ1n) is 11.8. The lowest BCUT2D eigenvalue weighted by molar-refractivity contribution is -0.121. The number of rotatable bonds is 11. The molecule has 0 saturated carbocycles. The molecule has 0 aliphatic carbocycles. The van der Waals surface area contributed by atoms with E-state index in [4.69, 9.17) is 21.2 Å². The van der Waals surface area contributed by atoms with Crippen LogP contribution in [-0.2, 0) is 21.0 Å². The minimum Gasteiger partial charge on any atom is -0.494 e. The summed E-state index contributed by atoms with van der Waals surface area (Å²) in [5.41, 5.74) is 2.12. The number of oxime groups is 1. The molecule has 206 valence electrons. The smallest absolute Gasteiger partial charge is 0.270 e. The first-order chi connectivity index (χ1) is 18.6. The summed E-state index contributed by atoms with van der Waals surface area (Å²) in [5, 5.41) is 9.36. The molecule has 0 bridgehead atoms. The van der Waals surface area contributed by atoms with Gasteiger partial charge in [-0.15, -0.1) is 0 Å². The number of likely N-dealkylation sites (N-methyl/N-ethyl adjacent to an activating group) is 2. The summed E-state index contributed by atoms with van der Waals surface area (Å²) in [6.45, 7) is 1.84. The van der Waals surface area contributed by atoms with Crippen LogP contribution in [0.1, 0.15) is 34.0 Å². The van der Waals surface area contributed by atoms with Crippen LogP contribution < -0.4 is 15.4 Å². The summed E-state index contributed by atoms with van der Waals surface area (Å²) in [6.07, 6.45) is 3.20. The zero-order chi connectivity index (χ0) is 28.5. The molecule has 0 saturated heterocycles. The van der Waals surface area contributed by atoms with Crippen molar-refractivity contribution >= 4 is 35.4 Å². The van der Waals surface area contributed by atoms with E-state index in [1.165, 1.54) is 38.4 Å². The van der Waals surface area contributed by atoms with Gasteiger partial charge in [0.25, 0.3) is 5.91 Å². The second kappa shape index (κ2) is 13.5. The number of amides is 2. The molecule has 11 nitrogen and oxygen atoms in total. The monoisotopic (exact) mass is 558 g/mol. The van der Waals surface area contributed by atoms with E-state index in [-0.39, 0.29) is 41.9 Å². The van der Waals surface area contributed by atoms with Crippen molar-refractivity contribution in [1.82, 2.24) is 25.5 Å². The maximum Gasteiger partial charge on any atom is 0.270 e. The minimum absolute atomic E-state index is 0.0535. The number of carbonyl (C=O) groups excluding carboxylic acids is 3. The van der Waals surface area contributed by atoms with E-state index in [2.05, 4.69) is 25.8 Å². The van der Waals surface area contributed by atoms with Crippen molar-refractivity contribution in [3.8, 4) is 5.75 Å². The Balaban J connectivity index is 1.75. The van der Waals surface area contributed by atoms with Crippen LogP contribution in [0.3, 0.4) is 0 Å². The zero-order valence-corrected chi connectivity index (χ0v) is 22.6. The van der Waals surface area contributed by atoms with E-state index in [0.717, 1.165) is 0 Å². The van der Waals surface area contributed by atoms with E-state index in [1.807, 2.05) is 0 Å². The van der Waals surface area contributed by atoms with Crippen LogP contribution in [-0.4, -0.2) is 72.5 Å². The average molecular weight is 559 g/mol. The summed E-state index contributed by atoms with van der Waals surface area (Å²) in [4.78, 5) is 51.5. The Morgan fingerprint density at radius 3 is 2.77 bits per heavy atom. The number of methoxy groups -OCH3 is 1. The predicted octanol–water partition coefficient (Wildman–Crippen LogP) is 2.24. The zero-order valence-electron chi connectivity index (χ0n) is 21.8. The van der Waals surface area contributed by atoms with Crippen molar-refractivity contribution in [1.29, 1.82) is 0 Å². The molecule has 1 atom stereocenters. The van der Waals surface area contributed by atoms with Gasteiger partial charge in [-0.25, -0.2) is 14.4 Å². The summed E-state index contributed by atoms with van der Waals surface area (Å²) < 4.78 is 18.6. The highest BCUT2D eigenvalue weighted by Gasteiger charge is 2.27. The van der Waals surface area contributed by atoms with Crippen molar-refractivity contribution < 1.29 is 28.3 Å². The molecule has 2 N–H and O–H groups in total. The summed E-state index contributed by atoms with van der Waals surface area (Å²) in [7, 11) is 4.58. The Morgan fingerprint density at radius 1 is 1.31 bits per heavy atom. The molecule has 39 heavy (non-hydrogen) atoms. The highest BCUT2D eigenvalue weighted by atomic mass is 35.5. The lowest BCUT2D eigenvalue weighted by atomic mass is 10.0. The fourth-order valence-electron chi connectivity index (χ4n) is 3.64. The van der Waals surface area contributed by atoms with Crippen molar-refractivity contribution in [3.05, 3.63) is 75.7 Å². The van der Waals surface area contributed by atoms with Crippen LogP contribution in [0.15, 0.2) is 52.3 Å². The van der Waals surface area contributed by atoms with Crippen molar-refractivity contribution in [2.75, 3.05) is 27.7 Å². The second-order valence-corrected chi connectivity index (χ2v) is 8.97. The molecule has 1 aromatic heterocycles. The number of carbonyl (C=O) groups is 3. The Labute approximate surface area is 229 Å². The molecule has 0 fully saturated rings. The first-order valence-corrected chi connectivity index (χ1v) is 12.2. The molecule has 2 amide bonds. The third kappa shape index (κ3) is 8.08. The summed E-state index contributed by atoms with van der Waals surface area (Å²) >= 11 is 5.95. The van der Waals surface area contributed by atoms with E-state index in [0.29, 0.717) is 34.7 Å². The lowest BCUT2D eigenvalue weighted by Gasteiger charge is -2.17. The molecule has 13 heteroatoms. The molecular formula is C26H28ClFN6O5. The number of nitrogens with zero attached hydrogens (tertiary/aromatic N) is 4. The number of benzene rings is 1. The van der Waals surface area contributed by atoms with E-state index < -0.39 is 17.8 Å². The fourth-order valence-corrected chi connectivity index (χ4v) is 3.76. The van der Waals surface area contributed by atoms with Crippen molar-refractivity contribution in [2.45, 2.75) is 26.0 Å². The van der Waals surface area contributed by atoms with E-state index >= 15 is 0 Å². The first kappa shape index (κ1) is 29.2. The van der Waals surface area contributed by atoms with E-state index in [9.17, 15) is 18.8 Å². The molecule has 0 radical (unpaired) electrons. The predicted molar refractivity (Wildman–Crippen MR) is 142 cm³/mol. The third-order valence-electron chi connectivity index (χ3n) is 5.53. The SMILES string of the molecule is CNC(=O)CN(C)/C=C(\C=C(\Cl)C=O)C1CC(c2cc(C(=O)NCc3ccc(F)c(OC)c3)nc(C)n2)=NO1. The molecule has 1 aromatic carbocycles. The summed E-state index contributed by atoms with van der Waals surface area (Å²) in [5.74, 6) is -0.742. The van der Waals surface area contributed by atoms with Gasteiger partial charge in [0, 0.05) is 38.8 Å². The number of halogens is 2. The quantitative estimate of drug-likeness (QED) is 0.243. The topological polar surface area (TPSA) is 135 Å². The van der Waals surface area contributed by atoms with Gasteiger partial charge in [-0.05, 0) is 36.8 Å². The van der Waals surface area contributed by atoms with Crippen LogP contribution in [0.25, 0.3) is 0 Å². The number of hydrogen-bond acceptors (Lipinski definition) is 9. The Kier molecular flexibility index (Phi) is 10.1. The normalized spacial score (nSPS) is 15.2.